The zero-order valence-corrected chi connectivity index (χ0v) is 11.5. The van der Waals surface area contributed by atoms with Crippen molar-refractivity contribution in [3.8, 4) is 0 Å². The predicted octanol–water partition coefficient (Wildman–Crippen LogP) is 1.73. The summed E-state index contributed by atoms with van der Waals surface area (Å²) in [6.45, 7) is 4.82. The summed E-state index contributed by atoms with van der Waals surface area (Å²) in [7, 11) is 3.94. The standard InChI is InChI=1S/C14H28N2O/c1-15-14-5-3-4-13(14)10-16-8-6-12(7-9-16)11-17-2/h12-15H,3-11H2,1-2H3. The lowest BCUT2D eigenvalue weighted by Crippen LogP contribution is -2.42. The number of likely N-dealkylation sites (tertiary alicyclic amines) is 1. The van der Waals surface area contributed by atoms with Crippen molar-refractivity contribution in [2.75, 3.05) is 40.4 Å². The Morgan fingerprint density at radius 2 is 1.94 bits per heavy atom. The van der Waals surface area contributed by atoms with Gasteiger partial charge < -0.3 is 15.0 Å². The van der Waals surface area contributed by atoms with Crippen LogP contribution in [-0.2, 0) is 4.74 Å². The van der Waals surface area contributed by atoms with Crippen molar-refractivity contribution in [3.05, 3.63) is 0 Å². The molecule has 1 saturated carbocycles. The number of piperidine rings is 1. The molecular weight excluding hydrogens is 212 g/mol. The highest BCUT2D eigenvalue weighted by atomic mass is 16.5. The van der Waals surface area contributed by atoms with E-state index >= 15 is 0 Å². The fourth-order valence-electron chi connectivity index (χ4n) is 3.54. The Morgan fingerprint density at radius 1 is 1.18 bits per heavy atom. The number of hydrogen-bond acceptors (Lipinski definition) is 3. The van der Waals surface area contributed by atoms with Crippen LogP contribution in [0.25, 0.3) is 0 Å². The molecule has 0 aromatic carbocycles. The summed E-state index contributed by atoms with van der Waals surface area (Å²) in [4.78, 5) is 2.67. The third-order valence-corrected chi connectivity index (χ3v) is 4.63. The van der Waals surface area contributed by atoms with Crippen LogP contribution in [0.1, 0.15) is 32.1 Å². The van der Waals surface area contributed by atoms with Gasteiger partial charge in [-0.15, -0.1) is 0 Å². The number of nitrogens with one attached hydrogen (secondary N) is 1. The lowest BCUT2D eigenvalue weighted by Gasteiger charge is -2.34. The van der Waals surface area contributed by atoms with Crippen LogP contribution in [0, 0.1) is 11.8 Å². The Balaban J connectivity index is 1.70. The summed E-state index contributed by atoms with van der Waals surface area (Å²) >= 11 is 0. The second kappa shape index (κ2) is 6.72. The summed E-state index contributed by atoms with van der Waals surface area (Å²) in [5.41, 5.74) is 0. The summed E-state index contributed by atoms with van der Waals surface area (Å²) in [5, 5.41) is 3.49. The van der Waals surface area contributed by atoms with Crippen molar-refractivity contribution < 1.29 is 4.74 Å². The number of ether oxygens (including phenoxy) is 1. The zero-order valence-electron chi connectivity index (χ0n) is 11.5. The molecule has 17 heavy (non-hydrogen) atoms. The molecule has 100 valence electrons. The second-order valence-corrected chi connectivity index (χ2v) is 5.79. The predicted molar refractivity (Wildman–Crippen MR) is 71.2 cm³/mol. The van der Waals surface area contributed by atoms with Crippen LogP contribution in [0.3, 0.4) is 0 Å². The average Bonchev–Trinajstić information content (AvgIpc) is 2.79. The maximum Gasteiger partial charge on any atom is 0.0491 e. The molecule has 1 aliphatic heterocycles. The Labute approximate surface area is 106 Å². The van der Waals surface area contributed by atoms with Crippen LogP contribution < -0.4 is 5.32 Å². The molecule has 0 bridgehead atoms. The summed E-state index contributed by atoms with van der Waals surface area (Å²) < 4.78 is 5.26. The zero-order chi connectivity index (χ0) is 12.1. The van der Waals surface area contributed by atoms with E-state index in [9.17, 15) is 0 Å². The van der Waals surface area contributed by atoms with E-state index in [0.29, 0.717) is 0 Å². The van der Waals surface area contributed by atoms with Gasteiger partial charge in [0, 0.05) is 26.3 Å². The van der Waals surface area contributed by atoms with Crippen LogP contribution in [0.5, 0.6) is 0 Å². The van der Waals surface area contributed by atoms with Gasteiger partial charge in [-0.2, -0.15) is 0 Å². The molecule has 0 amide bonds. The monoisotopic (exact) mass is 240 g/mol. The molecular formula is C14H28N2O. The van der Waals surface area contributed by atoms with E-state index in [2.05, 4.69) is 17.3 Å². The first-order valence-corrected chi connectivity index (χ1v) is 7.22. The van der Waals surface area contributed by atoms with E-state index in [1.54, 1.807) is 0 Å². The van der Waals surface area contributed by atoms with Gasteiger partial charge in [-0.3, -0.25) is 0 Å². The molecule has 1 aliphatic carbocycles. The van der Waals surface area contributed by atoms with Crippen molar-refractivity contribution in [1.82, 2.24) is 10.2 Å². The quantitative estimate of drug-likeness (QED) is 0.792. The molecule has 2 rings (SSSR count). The normalized spacial score (nSPS) is 32.1. The number of hydrogen-bond donors (Lipinski definition) is 1. The first-order chi connectivity index (χ1) is 8.33. The average molecular weight is 240 g/mol. The van der Waals surface area contributed by atoms with E-state index in [4.69, 9.17) is 4.74 Å². The van der Waals surface area contributed by atoms with Gasteiger partial charge in [0.15, 0.2) is 0 Å². The fraction of sp³-hybridized carbons (Fsp3) is 1.00. The van der Waals surface area contributed by atoms with E-state index in [-0.39, 0.29) is 0 Å². The summed E-state index contributed by atoms with van der Waals surface area (Å²) in [5.74, 6) is 1.69. The molecule has 0 aromatic rings. The van der Waals surface area contributed by atoms with Gasteiger partial charge in [0.2, 0.25) is 0 Å². The van der Waals surface area contributed by atoms with E-state index in [1.807, 2.05) is 7.11 Å². The van der Waals surface area contributed by atoms with Crippen molar-refractivity contribution in [2.45, 2.75) is 38.1 Å². The molecule has 1 N–H and O–H groups in total. The summed E-state index contributed by atoms with van der Waals surface area (Å²) in [6.07, 6.45) is 6.86. The van der Waals surface area contributed by atoms with Gasteiger partial charge in [-0.25, -0.2) is 0 Å². The third kappa shape index (κ3) is 3.67. The van der Waals surface area contributed by atoms with Gasteiger partial charge in [-0.1, -0.05) is 6.42 Å². The lowest BCUT2D eigenvalue weighted by molar-refractivity contribution is 0.0908. The number of nitrogens with zero attached hydrogens (tertiary/aromatic N) is 1. The van der Waals surface area contributed by atoms with E-state index in [0.717, 1.165) is 24.5 Å². The first kappa shape index (κ1) is 13.3. The molecule has 1 saturated heterocycles. The topological polar surface area (TPSA) is 24.5 Å². The van der Waals surface area contributed by atoms with Gasteiger partial charge in [0.25, 0.3) is 0 Å². The molecule has 0 radical (unpaired) electrons. The molecule has 1 heterocycles. The molecule has 2 atom stereocenters. The highest BCUT2D eigenvalue weighted by molar-refractivity contribution is 4.85. The highest BCUT2D eigenvalue weighted by Gasteiger charge is 2.29. The van der Waals surface area contributed by atoms with Crippen LogP contribution >= 0.6 is 0 Å². The third-order valence-electron chi connectivity index (χ3n) is 4.63. The van der Waals surface area contributed by atoms with Crippen LogP contribution in [0.15, 0.2) is 0 Å². The minimum atomic E-state index is 0.770. The Bertz CT molecular complexity index is 214. The first-order valence-electron chi connectivity index (χ1n) is 7.22. The van der Waals surface area contributed by atoms with E-state index < -0.39 is 0 Å². The fourth-order valence-corrected chi connectivity index (χ4v) is 3.54. The Kier molecular flexibility index (Phi) is 5.26. The Hall–Kier alpha value is -0.120. The summed E-state index contributed by atoms with van der Waals surface area (Å²) in [6, 6.07) is 0.770. The maximum absolute atomic E-state index is 5.26. The van der Waals surface area contributed by atoms with Crippen LogP contribution in [0.2, 0.25) is 0 Å². The smallest absolute Gasteiger partial charge is 0.0491 e. The largest absolute Gasteiger partial charge is 0.384 e. The van der Waals surface area contributed by atoms with Crippen molar-refractivity contribution in [2.24, 2.45) is 11.8 Å². The molecule has 0 aromatic heterocycles. The van der Waals surface area contributed by atoms with Gasteiger partial charge in [-0.05, 0) is 57.7 Å². The minimum absolute atomic E-state index is 0.770. The molecule has 3 heteroatoms. The van der Waals surface area contributed by atoms with Gasteiger partial charge in [0.1, 0.15) is 0 Å². The number of rotatable bonds is 5. The van der Waals surface area contributed by atoms with Crippen molar-refractivity contribution >= 4 is 0 Å². The molecule has 3 nitrogen and oxygen atoms in total. The molecule has 2 unspecified atom stereocenters. The van der Waals surface area contributed by atoms with E-state index in [1.165, 1.54) is 51.7 Å². The van der Waals surface area contributed by atoms with Crippen LogP contribution in [0.4, 0.5) is 0 Å². The van der Waals surface area contributed by atoms with Gasteiger partial charge >= 0.3 is 0 Å². The SMILES string of the molecule is CNC1CCCC1CN1CCC(COC)CC1. The second-order valence-electron chi connectivity index (χ2n) is 5.79. The molecule has 2 fully saturated rings. The van der Waals surface area contributed by atoms with Crippen LogP contribution in [-0.4, -0.2) is 51.3 Å². The van der Waals surface area contributed by atoms with Crippen molar-refractivity contribution in [1.29, 1.82) is 0 Å². The molecule has 0 spiro atoms. The number of methoxy groups -OCH3 is 1. The Morgan fingerprint density at radius 3 is 2.59 bits per heavy atom. The van der Waals surface area contributed by atoms with Crippen molar-refractivity contribution in [3.63, 3.8) is 0 Å². The molecule has 2 aliphatic rings. The highest BCUT2D eigenvalue weighted by Crippen LogP contribution is 2.27. The maximum atomic E-state index is 5.26. The lowest BCUT2D eigenvalue weighted by atomic mass is 9.95. The minimum Gasteiger partial charge on any atom is -0.384 e. The van der Waals surface area contributed by atoms with Gasteiger partial charge in [0.05, 0.1) is 0 Å².